The monoisotopic (exact) mass is 456 g/mol. The van der Waals surface area contributed by atoms with Gasteiger partial charge in [0.15, 0.2) is 11.5 Å². The molecular weight excluding hydrogens is 436 g/mol. The molecule has 4 rings (SSSR count). The molecule has 1 heterocycles. The van der Waals surface area contributed by atoms with E-state index in [9.17, 15) is 8.42 Å². The number of nitrogens with one attached hydrogen (secondary N) is 1. The van der Waals surface area contributed by atoms with E-state index < -0.39 is 16.1 Å². The van der Waals surface area contributed by atoms with Crippen molar-refractivity contribution in [2.24, 2.45) is 0 Å². The van der Waals surface area contributed by atoms with Gasteiger partial charge in [-0.3, -0.25) is 0 Å². The van der Waals surface area contributed by atoms with Gasteiger partial charge in [0.05, 0.1) is 30.9 Å². The number of methoxy groups -OCH3 is 2. The van der Waals surface area contributed by atoms with E-state index in [4.69, 9.17) is 21.1 Å². The number of hydrogen-bond donors (Lipinski definition) is 1. The fraction of sp³-hybridized carbons (Fsp3) is 0.130. The Morgan fingerprint density at radius 1 is 0.903 bits per heavy atom. The Morgan fingerprint density at radius 3 is 2.23 bits per heavy atom. The standard InChI is InChI=1S/C23H21ClN2O4S/c1-29-22-13-10-17(14-23(22)30-2)20-15-21(16-8-11-18(24)12-9-16)26(25-20)31(27,28)19-6-4-3-5-7-19/h3-15,21,25H,1-2H3/t21-/m1/s1. The van der Waals surface area contributed by atoms with Crippen molar-refractivity contribution in [3.05, 3.63) is 95.0 Å². The third-order valence-electron chi connectivity index (χ3n) is 5.01. The summed E-state index contributed by atoms with van der Waals surface area (Å²) in [5.74, 6) is 1.14. The number of ether oxygens (including phenoxy) is 2. The van der Waals surface area contributed by atoms with Gasteiger partial charge in [-0.25, -0.2) is 8.42 Å². The Kier molecular flexibility index (Phi) is 5.91. The van der Waals surface area contributed by atoms with Gasteiger partial charge in [0.25, 0.3) is 10.0 Å². The van der Waals surface area contributed by atoms with E-state index in [2.05, 4.69) is 5.43 Å². The molecular formula is C23H21ClN2O4S. The maximum absolute atomic E-state index is 13.4. The van der Waals surface area contributed by atoms with Crippen LogP contribution >= 0.6 is 11.6 Å². The van der Waals surface area contributed by atoms with Crippen LogP contribution in [0.3, 0.4) is 0 Å². The molecule has 0 fully saturated rings. The van der Waals surface area contributed by atoms with Crippen molar-refractivity contribution in [3.8, 4) is 11.5 Å². The molecule has 6 nitrogen and oxygen atoms in total. The van der Waals surface area contributed by atoms with Crippen LogP contribution in [0.25, 0.3) is 5.70 Å². The summed E-state index contributed by atoms with van der Waals surface area (Å²) in [6.45, 7) is 0. The van der Waals surface area contributed by atoms with Crippen molar-refractivity contribution in [2.45, 2.75) is 10.9 Å². The first-order valence-electron chi connectivity index (χ1n) is 9.50. The van der Waals surface area contributed by atoms with Crippen LogP contribution in [0.4, 0.5) is 0 Å². The summed E-state index contributed by atoms with van der Waals surface area (Å²) >= 11 is 6.04. The highest BCUT2D eigenvalue weighted by Gasteiger charge is 2.37. The molecule has 0 unspecified atom stereocenters. The first-order valence-corrected chi connectivity index (χ1v) is 11.3. The van der Waals surface area contributed by atoms with E-state index in [1.807, 2.05) is 24.3 Å². The summed E-state index contributed by atoms with van der Waals surface area (Å²) in [5.41, 5.74) is 5.26. The van der Waals surface area contributed by atoms with E-state index in [1.54, 1.807) is 68.8 Å². The minimum Gasteiger partial charge on any atom is -0.493 e. The van der Waals surface area contributed by atoms with Crippen LogP contribution in [0.1, 0.15) is 17.2 Å². The van der Waals surface area contributed by atoms with E-state index in [0.29, 0.717) is 22.2 Å². The van der Waals surface area contributed by atoms with Gasteiger partial charge in [0.1, 0.15) is 0 Å². The smallest absolute Gasteiger partial charge is 0.260 e. The van der Waals surface area contributed by atoms with Crippen molar-refractivity contribution in [3.63, 3.8) is 0 Å². The number of hydrazine groups is 1. The molecule has 0 radical (unpaired) electrons. The summed E-state index contributed by atoms with van der Waals surface area (Å²) < 4.78 is 38.9. The largest absolute Gasteiger partial charge is 0.493 e. The molecule has 3 aromatic carbocycles. The van der Waals surface area contributed by atoms with Crippen LogP contribution in [0.2, 0.25) is 5.02 Å². The first-order chi connectivity index (χ1) is 14.9. The second-order valence-electron chi connectivity index (χ2n) is 6.87. The summed E-state index contributed by atoms with van der Waals surface area (Å²) in [5, 5.41) is 0.580. The Balaban J connectivity index is 1.79. The highest BCUT2D eigenvalue weighted by Crippen LogP contribution is 2.37. The lowest BCUT2D eigenvalue weighted by molar-refractivity contribution is 0.347. The quantitative estimate of drug-likeness (QED) is 0.584. The van der Waals surface area contributed by atoms with Gasteiger partial charge in [0, 0.05) is 10.6 Å². The molecule has 0 aromatic heterocycles. The molecule has 0 bridgehead atoms. The summed E-state index contributed by atoms with van der Waals surface area (Å²) in [7, 11) is -0.713. The summed E-state index contributed by atoms with van der Waals surface area (Å²) in [6.07, 6.45) is 1.87. The topological polar surface area (TPSA) is 67.9 Å². The lowest BCUT2D eigenvalue weighted by Crippen LogP contribution is -2.39. The number of nitrogens with zero attached hydrogens (tertiary/aromatic N) is 1. The molecule has 8 heteroatoms. The third kappa shape index (κ3) is 4.12. The van der Waals surface area contributed by atoms with Crippen molar-refractivity contribution in [1.82, 2.24) is 9.84 Å². The van der Waals surface area contributed by atoms with Gasteiger partial charge in [0.2, 0.25) is 0 Å². The average molecular weight is 457 g/mol. The molecule has 0 aliphatic carbocycles. The molecule has 1 N–H and O–H groups in total. The molecule has 0 saturated heterocycles. The van der Waals surface area contributed by atoms with Crippen molar-refractivity contribution in [2.75, 3.05) is 14.2 Å². The second kappa shape index (κ2) is 8.63. The Bertz CT molecular complexity index is 1210. The molecule has 1 aliphatic rings. The van der Waals surface area contributed by atoms with Gasteiger partial charge >= 0.3 is 0 Å². The number of benzene rings is 3. The van der Waals surface area contributed by atoms with Crippen LogP contribution in [0, 0.1) is 0 Å². The van der Waals surface area contributed by atoms with Gasteiger partial charge in [-0.15, -0.1) is 4.41 Å². The number of rotatable bonds is 6. The summed E-state index contributed by atoms with van der Waals surface area (Å²) in [6, 6.07) is 20.3. The lowest BCUT2D eigenvalue weighted by Gasteiger charge is -2.25. The third-order valence-corrected chi connectivity index (χ3v) is 6.97. The second-order valence-corrected chi connectivity index (χ2v) is 9.12. The molecule has 0 spiro atoms. The normalized spacial score (nSPS) is 16.5. The highest BCUT2D eigenvalue weighted by atomic mass is 35.5. The molecule has 0 amide bonds. The van der Waals surface area contributed by atoms with Crippen molar-refractivity contribution >= 4 is 27.3 Å². The van der Waals surface area contributed by atoms with Crippen LogP contribution in [0.15, 0.2) is 83.8 Å². The molecule has 0 saturated carbocycles. The van der Waals surface area contributed by atoms with Gasteiger partial charge in [-0.2, -0.15) is 0 Å². The number of sulfonamides is 1. The van der Waals surface area contributed by atoms with Crippen LogP contribution < -0.4 is 14.9 Å². The maximum atomic E-state index is 13.4. The Hall–Kier alpha value is -3.00. The average Bonchev–Trinajstić information content (AvgIpc) is 3.26. The predicted molar refractivity (Wildman–Crippen MR) is 120 cm³/mol. The first kappa shape index (κ1) is 21.2. The fourth-order valence-electron chi connectivity index (χ4n) is 3.42. The predicted octanol–water partition coefficient (Wildman–Crippen LogP) is 4.65. The summed E-state index contributed by atoms with van der Waals surface area (Å²) in [4.78, 5) is 0.198. The number of halogens is 1. The van der Waals surface area contributed by atoms with E-state index in [-0.39, 0.29) is 4.90 Å². The zero-order chi connectivity index (χ0) is 22.0. The van der Waals surface area contributed by atoms with E-state index in [1.165, 1.54) is 4.41 Å². The zero-order valence-corrected chi connectivity index (χ0v) is 18.5. The fourth-order valence-corrected chi connectivity index (χ4v) is 4.98. The Labute approximate surface area is 186 Å². The highest BCUT2D eigenvalue weighted by molar-refractivity contribution is 7.89. The molecule has 1 aliphatic heterocycles. The van der Waals surface area contributed by atoms with Gasteiger partial charge in [-0.1, -0.05) is 41.9 Å². The Morgan fingerprint density at radius 2 is 1.58 bits per heavy atom. The lowest BCUT2D eigenvalue weighted by atomic mass is 10.1. The van der Waals surface area contributed by atoms with Crippen LogP contribution in [0.5, 0.6) is 11.5 Å². The van der Waals surface area contributed by atoms with Crippen LogP contribution in [-0.2, 0) is 10.0 Å². The van der Waals surface area contributed by atoms with E-state index in [0.717, 1.165) is 11.1 Å². The molecule has 3 aromatic rings. The minimum atomic E-state index is -3.83. The maximum Gasteiger partial charge on any atom is 0.260 e. The number of hydrogen-bond acceptors (Lipinski definition) is 5. The van der Waals surface area contributed by atoms with Crippen molar-refractivity contribution < 1.29 is 17.9 Å². The van der Waals surface area contributed by atoms with Gasteiger partial charge in [-0.05, 0) is 54.1 Å². The SMILES string of the molecule is COc1ccc(C2=C[C@H](c3ccc(Cl)cc3)N(S(=O)(=O)c3ccccc3)N2)cc1OC. The zero-order valence-electron chi connectivity index (χ0n) is 16.9. The van der Waals surface area contributed by atoms with E-state index >= 15 is 0 Å². The molecule has 160 valence electrons. The van der Waals surface area contributed by atoms with Gasteiger partial charge < -0.3 is 14.9 Å². The molecule has 31 heavy (non-hydrogen) atoms. The van der Waals surface area contributed by atoms with Crippen molar-refractivity contribution in [1.29, 1.82) is 0 Å². The minimum absolute atomic E-state index is 0.198. The molecule has 1 atom stereocenters. The van der Waals surface area contributed by atoms with Crippen LogP contribution in [-0.4, -0.2) is 27.1 Å².